The molecule has 1 aromatic heterocycles. The lowest BCUT2D eigenvalue weighted by Gasteiger charge is -2.17. The summed E-state index contributed by atoms with van der Waals surface area (Å²) in [5.74, 6) is -0.735. The second-order valence-corrected chi connectivity index (χ2v) is 7.28. The molecule has 10 heteroatoms. The predicted octanol–water partition coefficient (Wildman–Crippen LogP) is 4.67. The molecule has 7 nitrogen and oxygen atoms in total. The van der Waals surface area contributed by atoms with Crippen LogP contribution in [0.3, 0.4) is 0 Å². The summed E-state index contributed by atoms with van der Waals surface area (Å²) in [7, 11) is 1.30. The highest BCUT2D eigenvalue weighted by Crippen LogP contribution is 2.26. The Labute approximate surface area is 188 Å². The van der Waals surface area contributed by atoms with E-state index in [-0.39, 0.29) is 11.4 Å². The number of nitrogens with zero attached hydrogens (tertiary/aromatic N) is 2. The monoisotopic (exact) mass is 461 g/mol. The number of hydrogen-bond donors (Lipinski definition) is 1. The minimum absolute atomic E-state index is 0.259. The van der Waals surface area contributed by atoms with Crippen LogP contribution in [0.5, 0.6) is 5.75 Å². The van der Waals surface area contributed by atoms with E-state index in [1.54, 1.807) is 49.6 Å². The van der Waals surface area contributed by atoms with Gasteiger partial charge in [0, 0.05) is 5.69 Å². The van der Waals surface area contributed by atoms with Crippen LogP contribution in [-0.4, -0.2) is 34.9 Å². The van der Waals surface area contributed by atoms with Gasteiger partial charge in [-0.2, -0.15) is 0 Å². The average Bonchev–Trinajstić information content (AvgIpc) is 3.06. The van der Waals surface area contributed by atoms with E-state index < -0.39 is 24.3 Å². The number of alkyl halides is 3. The van der Waals surface area contributed by atoms with Crippen LogP contribution < -0.4 is 10.1 Å². The number of amides is 1. The van der Waals surface area contributed by atoms with Gasteiger partial charge in [0.05, 0.1) is 24.4 Å². The van der Waals surface area contributed by atoms with Crippen LogP contribution in [0.15, 0.2) is 48.5 Å². The first-order chi connectivity index (χ1) is 15.5. The fraction of sp³-hybridized carbons (Fsp3) is 0.261. The number of methoxy groups -OCH3 is 1. The zero-order valence-electron chi connectivity index (χ0n) is 18.4. The first kappa shape index (κ1) is 23.8. The Morgan fingerprint density at radius 2 is 1.64 bits per heavy atom. The maximum absolute atomic E-state index is 13.1. The number of esters is 1. The largest absolute Gasteiger partial charge is 0.573 e. The van der Waals surface area contributed by atoms with Gasteiger partial charge in [-0.15, -0.1) is 13.2 Å². The molecule has 1 atom stereocenters. The molecule has 0 saturated carbocycles. The van der Waals surface area contributed by atoms with E-state index in [1.807, 2.05) is 0 Å². The summed E-state index contributed by atoms with van der Waals surface area (Å²) in [5.41, 5.74) is 2.35. The lowest BCUT2D eigenvalue weighted by Crippen LogP contribution is -2.29. The molecular formula is C23H22F3N3O4. The van der Waals surface area contributed by atoms with Crippen LogP contribution in [0.1, 0.15) is 50.9 Å². The van der Waals surface area contributed by atoms with Crippen LogP contribution in [0.4, 0.5) is 13.2 Å². The molecule has 174 valence electrons. The lowest BCUT2D eigenvalue weighted by molar-refractivity contribution is -0.274. The van der Waals surface area contributed by atoms with Crippen LogP contribution in [0.25, 0.3) is 5.69 Å². The first-order valence-electron chi connectivity index (χ1n) is 9.91. The number of nitrogens with one attached hydrogen (secondary N) is 1. The molecule has 0 spiro atoms. The number of hydrogen-bond acceptors (Lipinski definition) is 5. The van der Waals surface area contributed by atoms with E-state index in [1.165, 1.54) is 31.4 Å². The molecule has 3 aromatic rings. The standard InChI is InChI=1S/C23H22F3N3O4/c1-13(16-5-7-17(8-6-16)22(31)32-4)28-21(30)20-14(2)27-15(3)29(20)18-9-11-19(12-10-18)33-23(24,25)26/h5-13H,1-4H3,(H,28,30)/t13-/m0/s1. The molecule has 33 heavy (non-hydrogen) atoms. The van der Waals surface area contributed by atoms with Gasteiger partial charge >= 0.3 is 12.3 Å². The quantitative estimate of drug-likeness (QED) is 0.540. The molecule has 1 amide bonds. The zero-order chi connectivity index (χ0) is 24.3. The van der Waals surface area contributed by atoms with E-state index in [2.05, 4.69) is 19.8 Å². The van der Waals surface area contributed by atoms with Gasteiger partial charge < -0.3 is 14.8 Å². The lowest BCUT2D eigenvalue weighted by atomic mass is 10.1. The van der Waals surface area contributed by atoms with Crippen molar-refractivity contribution in [2.45, 2.75) is 33.2 Å². The van der Waals surface area contributed by atoms with E-state index in [9.17, 15) is 22.8 Å². The molecule has 0 saturated heterocycles. The predicted molar refractivity (Wildman–Crippen MR) is 113 cm³/mol. The summed E-state index contributed by atoms with van der Waals surface area (Å²) in [6.07, 6.45) is -4.79. The SMILES string of the molecule is COC(=O)c1ccc([C@H](C)NC(=O)c2c(C)nc(C)n2-c2ccc(OC(F)(F)F)cc2)cc1. The topological polar surface area (TPSA) is 82.5 Å². The van der Waals surface area contributed by atoms with Crippen molar-refractivity contribution in [2.75, 3.05) is 7.11 Å². The molecule has 1 heterocycles. The van der Waals surface area contributed by atoms with Crippen LogP contribution in [-0.2, 0) is 4.74 Å². The third-order valence-corrected chi connectivity index (χ3v) is 4.94. The Bertz CT molecular complexity index is 1150. The van der Waals surface area contributed by atoms with Gasteiger partial charge in [-0.1, -0.05) is 12.1 Å². The number of carbonyl (C=O) groups excluding carboxylic acids is 2. The summed E-state index contributed by atoms with van der Waals surface area (Å²) in [4.78, 5) is 29.1. The highest BCUT2D eigenvalue weighted by atomic mass is 19.4. The van der Waals surface area contributed by atoms with E-state index >= 15 is 0 Å². The maximum Gasteiger partial charge on any atom is 0.573 e. The van der Waals surface area contributed by atoms with Crippen molar-refractivity contribution >= 4 is 11.9 Å². The summed E-state index contributed by atoms with van der Waals surface area (Å²) < 4.78 is 47.4. The molecule has 0 unspecified atom stereocenters. The van der Waals surface area contributed by atoms with Crippen molar-refractivity contribution < 1.29 is 32.2 Å². The number of rotatable bonds is 6. The smallest absolute Gasteiger partial charge is 0.465 e. The molecule has 0 aliphatic carbocycles. The molecule has 0 radical (unpaired) electrons. The molecule has 3 rings (SSSR count). The van der Waals surface area contributed by atoms with Crippen molar-refractivity contribution in [3.05, 3.63) is 76.9 Å². The number of benzene rings is 2. The van der Waals surface area contributed by atoms with Crippen molar-refractivity contribution in [3.63, 3.8) is 0 Å². The van der Waals surface area contributed by atoms with E-state index in [4.69, 9.17) is 0 Å². The second kappa shape index (κ2) is 9.35. The van der Waals surface area contributed by atoms with Crippen molar-refractivity contribution in [1.29, 1.82) is 0 Å². The molecule has 0 fully saturated rings. The fourth-order valence-electron chi connectivity index (χ4n) is 3.42. The van der Waals surface area contributed by atoms with Gasteiger partial charge in [-0.3, -0.25) is 9.36 Å². The third-order valence-electron chi connectivity index (χ3n) is 4.94. The average molecular weight is 461 g/mol. The van der Waals surface area contributed by atoms with E-state index in [0.29, 0.717) is 22.8 Å². The van der Waals surface area contributed by atoms with Gasteiger partial charge in [0.2, 0.25) is 0 Å². The normalized spacial score (nSPS) is 12.2. The molecule has 0 aliphatic heterocycles. The van der Waals surface area contributed by atoms with Crippen LogP contribution in [0, 0.1) is 13.8 Å². The Kier molecular flexibility index (Phi) is 6.75. The number of imidazole rings is 1. The molecule has 1 N–H and O–H groups in total. The van der Waals surface area contributed by atoms with Crippen molar-refractivity contribution in [3.8, 4) is 11.4 Å². The second-order valence-electron chi connectivity index (χ2n) is 7.28. The zero-order valence-corrected chi connectivity index (χ0v) is 18.4. The Balaban J connectivity index is 1.83. The summed E-state index contributed by atoms with van der Waals surface area (Å²) in [5, 5.41) is 2.89. The Morgan fingerprint density at radius 3 is 2.18 bits per heavy atom. The highest BCUT2D eigenvalue weighted by Gasteiger charge is 2.31. The van der Waals surface area contributed by atoms with Crippen LogP contribution in [0.2, 0.25) is 0 Å². The van der Waals surface area contributed by atoms with Crippen molar-refractivity contribution in [2.24, 2.45) is 0 Å². The van der Waals surface area contributed by atoms with E-state index in [0.717, 1.165) is 5.56 Å². The fourth-order valence-corrected chi connectivity index (χ4v) is 3.42. The molecular weight excluding hydrogens is 439 g/mol. The van der Waals surface area contributed by atoms with Crippen molar-refractivity contribution in [1.82, 2.24) is 14.9 Å². The van der Waals surface area contributed by atoms with Gasteiger partial charge in [-0.05, 0) is 62.7 Å². The summed E-state index contributed by atoms with van der Waals surface area (Å²) >= 11 is 0. The molecule has 0 bridgehead atoms. The number of aromatic nitrogens is 2. The third kappa shape index (κ3) is 5.51. The van der Waals surface area contributed by atoms with Gasteiger partial charge in [0.15, 0.2) is 0 Å². The Morgan fingerprint density at radius 1 is 1.03 bits per heavy atom. The summed E-state index contributed by atoms with van der Waals surface area (Å²) in [6.45, 7) is 5.16. The van der Waals surface area contributed by atoms with Gasteiger partial charge in [0.1, 0.15) is 17.3 Å². The maximum atomic E-state index is 13.1. The highest BCUT2D eigenvalue weighted by molar-refractivity contribution is 5.95. The minimum atomic E-state index is -4.79. The van der Waals surface area contributed by atoms with Crippen LogP contribution >= 0.6 is 0 Å². The Hall–Kier alpha value is -3.82. The number of aryl methyl sites for hydroxylation is 2. The van der Waals surface area contributed by atoms with Gasteiger partial charge in [0.25, 0.3) is 5.91 Å². The number of halogens is 3. The summed E-state index contributed by atoms with van der Waals surface area (Å²) in [6, 6.07) is 11.4. The molecule has 2 aromatic carbocycles. The number of ether oxygens (including phenoxy) is 2. The molecule has 0 aliphatic rings. The minimum Gasteiger partial charge on any atom is -0.465 e. The first-order valence-corrected chi connectivity index (χ1v) is 9.91. The van der Waals surface area contributed by atoms with Gasteiger partial charge in [-0.25, -0.2) is 9.78 Å². The number of carbonyl (C=O) groups is 2.